The van der Waals surface area contributed by atoms with E-state index >= 15 is 0 Å². The summed E-state index contributed by atoms with van der Waals surface area (Å²) >= 11 is 1.14. The van der Waals surface area contributed by atoms with Crippen molar-refractivity contribution in [2.75, 3.05) is 7.05 Å². The summed E-state index contributed by atoms with van der Waals surface area (Å²) < 4.78 is 28.0. The standard InChI is InChI=1S/C18H20N4O4S2/c1-11(2)9-12-5-4-6-14(16(12)17(23)24)27-18-21-20-15-8-7-13(10-22(15)18)28(25,26)19-3/h4-8,10-11,19H,9H2,1-3H3,(H,23,24). The van der Waals surface area contributed by atoms with Gasteiger partial charge in [-0.1, -0.05) is 26.0 Å². The van der Waals surface area contributed by atoms with Crippen LogP contribution >= 0.6 is 11.8 Å². The second kappa shape index (κ2) is 7.90. The molecule has 8 nitrogen and oxygen atoms in total. The minimum Gasteiger partial charge on any atom is -0.478 e. The van der Waals surface area contributed by atoms with E-state index in [0.717, 1.165) is 17.3 Å². The number of aromatic nitrogens is 3. The van der Waals surface area contributed by atoms with Crippen molar-refractivity contribution in [1.82, 2.24) is 19.3 Å². The summed E-state index contributed by atoms with van der Waals surface area (Å²) in [5, 5.41) is 18.3. The number of nitrogens with one attached hydrogen (secondary N) is 1. The maximum absolute atomic E-state index is 12.1. The Labute approximate surface area is 167 Å². The van der Waals surface area contributed by atoms with Gasteiger partial charge < -0.3 is 5.11 Å². The Morgan fingerprint density at radius 1 is 1.25 bits per heavy atom. The highest BCUT2D eigenvalue weighted by atomic mass is 32.2. The Balaban J connectivity index is 2.08. The van der Waals surface area contributed by atoms with Crippen molar-refractivity contribution in [2.24, 2.45) is 5.92 Å². The molecule has 2 aromatic heterocycles. The van der Waals surface area contributed by atoms with Crippen molar-refractivity contribution in [3.63, 3.8) is 0 Å². The van der Waals surface area contributed by atoms with Crippen LogP contribution in [-0.2, 0) is 16.4 Å². The van der Waals surface area contributed by atoms with E-state index in [1.165, 1.54) is 23.7 Å². The molecule has 0 spiro atoms. The van der Waals surface area contributed by atoms with Crippen LogP contribution in [0.2, 0.25) is 0 Å². The van der Waals surface area contributed by atoms with Gasteiger partial charge in [0.05, 0.1) is 10.5 Å². The number of carbonyl (C=O) groups is 1. The maximum atomic E-state index is 12.1. The fraction of sp³-hybridized carbons (Fsp3) is 0.278. The van der Waals surface area contributed by atoms with Gasteiger partial charge in [-0.05, 0) is 54.9 Å². The van der Waals surface area contributed by atoms with Gasteiger partial charge >= 0.3 is 5.97 Å². The van der Waals surface area contributed by atoms with Gasteiger partial charge in [-0.15, -0.1) is 10.2 Å². The first kappa shape index (κ1) is 20.3. The number of hydrogen-bond donors (Lipinski definition) is 2. The summed E-state index contributed by atoms with van der Waals surface area (Å²) in [7, 11) is -2.29. The van der Waals surface area contributed by atoms with Crippen LogP contribution in [0.15, 0.2) is 51.5 Å². The number of aromatic carboxylic acids is 1. The number of hydrogen-bond acceptors (Lipinski definition) is 6. The van der Waals surface area contributed by atoms with Gasteiger partial charge in [0.15, 0.2) is 10.8 Å². The number of sulfonamides is 1. The first-order chi connectivity index (χ1) is 13.2. The summed E-state index contributed by atoms with van der Waals surface area (Å²) in [6.45, 7) is 4.06. The Kier molecular flexibility index (Phi) is 5.73. The lowest BCUT2D eigenvalue weighted by Crippen LogP contribution is -2.18. The van der Waals surface area contributed by atoms with Crippen molar-refractivity contribution in [3.8, 4) is 0 Å². The summed E-state index contributed by atoms with van der Waals surface area (Å²) in [5.74, 6) is -0.701. The van der Waals surface area contributed by atoms with E-state index in [1.54, 1.807) is 12.1 Å². The van der Waals surface area contributed by atoms with Crippen LogP contribution in [0.25, 0.3) is 5.65 Å². The molecule has 148 valence electrons. The van der Waals surface area contributed by atoms with Gasteiger partial charge in [0.2, 0.25) is 10.0 Å². The van der Waals surface area contributed by atoms with Crippen LogP contribution in [0.1, 0.15) is 29.8 Å². The molecule has 3 aromatic rings. The molecule has 0 aliphatic heterocycles. The van der Waals surface area contributed by atoms with Gasteiger partial charge in [-0.3, -0.25) is 4.40 Å². The second-order valence-electron chi connectivity index (χ2n) is 6.58. The third-order valence-corrected chi connectivity index (χ3v) is 6.50. The zero-order chi connectivity index (χ0) is 20.5. The highest BCUT2D eigenvalue weighted by Gasteiger charge is 2.20. The maximum Gasteiger partial charge on any atom is 0.337 e. The largest absolute Gasteiger partial charge is 0.478 e. The summed E-state index contributed by atoms with van der Waals surface area (Å²) in [6, 6.07) is 8.33. The molecule has 0 fully saturated rings. The molecule has 2 N–H and O–H groups in total. The van der Waals surface area contributed by atoms with Crippen LogP contribution in [0.5, 0.6) is 0 Å². The van der Waals surface area contributed by atoms with E-state index in [2.05, 4.69) is 14.9 Å². The number of nitrogens with zero attached hydrogens (tertiary/aromatic N) is 3. The number of rotatable bonds is 7. The van der Waals surface area contributed by atoms with E-state index in [1.807, 2.05) is 26.0 Å². The van der Waals surface area contributed by atoms with Gasteiger partial charge in [-0.2, -0.15) is 0 Å². The Hall–Kier alpha value is -2.43. The average Bonchev–Trinajstić information content (AvgIpc) is 3.03. The molecule has 0 atom stereocenters. The Bertz CT molecular complexity index is 1140. The van der Waals surface area contributed by atoms with Crippen molar-refractivity contribution in [3.05, 3.63) is 47.7 Å². The van der Waals surface area contributed by atoms with E-state index < -0.39 is 16.0 Å². The van der Waals surface area contributed by atoms with E-state index in [-0.39, 0.29) is 10.5 Å². The van der Waals surface area contributed by atoms with Gasteiger partial charge in [-0.25, -0.2) is 17.9 Å². The van der Waals surface area contributed by atoms with Crippen molar-refractivity contribution in [2.45, 2.75) is 35.2 Å². The van der Waals surface area contributed by atoms with Crippen LogP contribution in [-0.4, -0.2) is 41.1 Å². The molecule has 10 heteroatoms. The summed E-state index contributed by atoms with van der Waals surface area (Å²) in [5.41, 5.74) is 1.45. The number of benzene rings is 1. The third-order valence-electron chi connectivity index (χ3n) is 4.08. The number of pyridine rings is 1. The highest BCUT2D eigenvalue weighted by Crippen LogP contribution is 2.32. The quantitative estimate of drug-likeness (QED) is 0.604. The molecular formula is C18H20N4O4S2. The first-order valence-corrected chi connectivity index (χ1v) is 10.8. The lowest BCUT2D eigenvalue weighted by Gasteiger charge is -2.12. The predicted octanol–water partition coefficient (Wildman–Crippen LogP) is 2.69. The Morgan fingerprint density at radius 2 is 2.00 bits per heavy atom. The molecule has 0 saturated heterocycles. The molecule has 0 bridgehead atoms. The molecule has 0 saturated carbocycles. The molecule has 3 rings (SSSR count). The zero-order valence-corrected chi connectivity index (χ0v) is 17.2. The highest BCUT2D eigenvalue weighted by molar-refractivity contribution is 7.99. The van der Waals surface area contributed by atoms with Crippen molar-refractivity contribution >= 4 is 33.4 Å². The minimum atomic E-state index is -3.63. The lowest BCUT2D eigenvalue weighted by molar-refractivity contribution is 0.0691. The average molecular weight is 421 g/mol. The molecule has 28 heavy (non-hydrogen) atoms. The molecule has 0 aliphatic rings. The smallest absolute Gasteiger partial charge is 0.337 e. The predicted molar refractivity (Wildman–Crippen MR) is 105 cm³/mol. The van der Waals surface area contributed by atoms with Crippen LogP contribution in [0, 0.1) is 5.92 Å². The summed E-state index contributed by atoms with van der Waals surface area (Å²) in [6.07, 6.45) is 2.06. The van der Waals surface area contributed by atoms with Crippen molar-refractivity contribution < 1.29 is 18.3 Å². The fourth-order valence-electron chi connectivity index (χ4n) is 2.81. The fourth-order valence-corrected chi connectivity index (χ4v) is 4.53. The van der Waals surface area contributed by atoms with E-state index in [9.17, 15) is 18.3 Å². The van der Waals surface area contributed by atoms with Gasteiger partial charge in [0.25, 0.3) is 0 Å². The lowest BCUT2D eigenvalue weighted by atomic mass is 9.98. The second-order valence-corrected chi connectivity index (χ2v) is 9.47. The Morgan fingerprint density at radius 3 is 2.64 bits per heavy atom. The van der Waals surface area contributed by atoms with Gasteiger partial charge in [0, 0.05) is 11.1 Å². The minimum absolute atomic E-state index is 0.0659. The first-order valence-electron chi connectivity index (χ1n) is 8.54. The van der Waals surface area contributed by atoms with E-state index in [0.29, 0.717) is 28.0 Å². The van der Waals surface area contributed by atoms with Crippen molar-refractivity contribution in [1.29, 1.82) is 0 Å². The molecule has 0 aliphatic carbocycles. The molecule has 1 aromatic carbocycles. The summed E-state index contributed by atoms with van der Waals surface area (Å²) in [4.78, 5) is 12.5. The SMILES string of the molecule is CNS(=O)(=O)c1ccc2nnc(Sc3cccc(CC(C)C)c3C(=O)O)n2c1. The molecule has 0 amide bonds. The van der Waals surface area contributed by atoms with Crippen LogP contribution < -0.4 is 4.72 Å². The van der Waals surface area contributed by atoms with E-state index in [4.69, 9.17) is 0 Å². The molecule has 2 heterocycles. The topological polar surface area (TPSA) is 114 Å². The van der Waals surface area contributed by atoms with Crippen LogP contribution in [0.4, 0.5) is 0 Å². The number of carboxylic acids is 1. The van der Waals surface area contributed by atoms with Crippen LogP contribution in [0.3, 0.4) is 0 Å². The monoisotopic (exact) mass is 420 g/mol. The zero-order valence-electron chi connectivity index (χ0n) is 15.6. The number of fused-ring (bicyclic) bond motifs is 1. The molecular weight excluding hydrogens is 400 g/mol. The normalized spacial score (nSPS) is 12.0. The third kappa shape index (κ3) is 4.03. The number of carboxylic acid groups (broad SMARTS) is 1. The van der Waals surface area contributed by atoms with Gasteiger partial charge in [0.1, 0.15) is 0 Å². The molecule has 0 unspecified atom stereocenters. The molecule has 0 radical (unpaired) electrons.